The van der Waals surface area contributed by atoms with Gasteiger partial charge in [-0.3, -0.25) is 4.79 Å². The number of nitrogens with zero attached hydrogens (tertiary/aromatic N) is 1. The lowest BCUT2D eigenvalue weighted by Gasteiger charge is -2.25. The molecule has 5 nitrogen and oxygen atoms in total. The van der Waals surface area contributed by atoms with E-state index in [0.29, 0.717) is 25.4 Å². The number of carbonyl (C=O) groups excluding carboxylic acids is 1. The number of likely N-dealkylation sites (tertiary alicyclic amines) is 1. The highest BCUT2D eigenvalue weighted by atomic mass is 16.4. The third-order valence-corrected chi connectivity index (χ3v) is 4.73. The Morgan fingerprint density at radius 1 is 1.37 bits per heavy atom. The monoisotopic (exact) mass is 268 g/mol. The molecule has 0 aromatic heterocycles. The number of carboxylic acids is 1. The minimum absolute atomic E-state index is 0.107. The van der Waals surface area contributed by atoms with Gasteiger partial charge in [0.1, 0.15) is 0 Å². The van der Waals surface area contributed by atoms with Crippen LogP contribution in [0.15, 0.2) is 0 Å². The molecule has 1 aliphatic carbocycles. The van der Waals surface area contributed by atoms with Crippen molar-refractivity contribution in [3.63, 3.8) is 0 Å². The zero-order valence-electron chi connectivity index (χ0n) is 11.8. The van der Waals surface area contributed by atoms with Gasteiger partial charge in [-0.1, -0.05) is 12.8 Å². The summed E-state index contributed by atoms with van der Waals surface area (Å²) in [6.07, 6.45) is 5.42. The molecule has 1 saturated carbocycles. The van der Waals surface area contributed by atoms with Gasteiger partial charge in [0.15, 0.2) is 0 Å². The van der Waals surface area contributed by atoms with Crippen molar-refractivity contribution in [1.82, 2.24) is 10.2 Å². The smallest absolute Gasteiger partial charge is 0.317 e. The van der Waals surface area contributed by atoms with Crippen molar-refractivity contribution in [3.05, 3.63) is 0 Å². The number of nitrogens with one attached hydrogen (secondary N) is 1. The molecule has 2 unspecified atom stereocenters. The van der Waals surface area contributed by atoms with Gasteiger partial charge in [-0.25, -0.2) is 4.79 Å². The van der Waals surface area contributed by atoms with E-state index in [-0.39, 0.29) is 12.1 Å². The van der Waals surface area contributed by atoms with E-state index in [1.807, 2.05) is 0 Å². The van der Waals surface area contributed by atoms with Crippen molar-refractivity contribution in [1.29, 1.82) is 0 Å². The highest BCUT2D eigenvalue weighted by Gasteiger charge is 2.42. The zero-order valence-corrected chi connectivity index (χ0v) is 11.8. The van der Waals surface area contributed by atoms with Crippen LogP contribution in [0.2, 0.25) is 0 Å². The van der Waals surface area contributed by atoms with E-state index in [1.165, 1.54) is 25.7 Å². The van der Waals surface area contributed by atoms with E-state index in [1.54, 1.807) is 11.8 Å². The van der Waals surface area contributed by atoms with Crippen LogP contribution >= 0.6 is 0 Å². The van der Waals surface area contributed by atoms with Crippen LogP contribution in [0.3, 0.4) is 0 Å². The molecule has 2 rings (SSSR count). The second-order valence-corrected chi connectivity index (χ2v) is 6.32. The summed E-state index contributed by atoms with van der Waals surface area (Å²) in [6.45, 7) is 4.61. The molecule has 19 heavy (non-hydrogen) atoms. The van der Waals surface area contributed by atoms with Gasteiger partial charge in [0.25, 0.3) is 0 Å². The molecule has 2 fully saturated rings. The van der Waals surface area contributed by atoms with Crippen molar-refractivity contribution < 1.29 is 14.7 Å². The highest BCUT2D eigenvalue weighted by molar-refractivity contribution is 5.79. The lowest BCUT2D eigenvalue weighted by molar-refractivity contribution is -0.146. The van der Waals surface area contributed by atoms with Crippen molar-refractivity contribution in [3.8, 4) is 0 Å². The van der Waals surface area contributed by atoms with Gasteiger partial charge in [-0.05, 0) is 39.0 Å². The highest BCUT2D eigenvalue weighted by Crippen LogP contribution is 2.31. The Bertz CT molecular complexity index is 366. The first-order valence-corrected chi connectivity index (χ1v) is 7.21. The molecule has 2 aliphatic rings. The second-order valence-electron chi connectivity index (χ2n) is 6.32. The number of carbonyl (C=O) groups is 2. The Labute approximate surface area is 114 Å². The van der Waals surface area contributed by atoms with E-state index >= 15 is 0 Å². The van der Waals surface area contributed by atoms with E-state index in [2.05, 4.69) is 12.2 Å². The summed E-state index contributed by atoms with van der Waals surface area (Å²) in [5, 5.41) is 12.2. The van der Waals surface area contributed by atoms with E-state index in [0.717, 1.165) is 0 Å². The maximum atomic E-state index is 12.1. The third-order valence-electron chi connectivity index (χ3n) is 4.73. The lowest BCUT2D eigenvalue weighted by Crippen LogP contribution is -2.46. The fourth-order valence-corrected chi connectivity index (χ4v) is 3.17. The quantitative estimate of drug-likeness (QED) is 0.823. The summed E-state index contributed by atoms with van der Waals surface area (Å²) < 4.78 is 0. The van der Waals surface area contributed by atoms with Gasteiger partial charge in [0.05, 0.1) is 5.41 Å². The van der Waals surface area contributed by atoms with Gasteiger partial charge in [0.2, 0.25) is 0 Å². The van der Waals surface area contributed by atoms with Gasteiger partial charge in [-0.2, -0.15) is 0 Å². The summed E-state index contributed by atoms with van der Waals surface area (Å²) in [5.74, 6) is -0.232. The fraction of sp³-hybridized carbons (Fsp3) is 0.857. The number of rotatable bonds is 3. The number of aliphatic carboxylic acids is 1. The van der Waals surface area contributed by atoms with Crippen LogP contribution in [0.4, 0.5) is 4.79 Å². The molecule has 2 amide bonds. The summed E-state index contributed by atoms with van der Waals surface area (Å²) in [7, 11) is 0. The van der Waals surface area contributed by atoms with Crippen molar-refractivity contribution in [2.75, 3.05) is 13.1 Å². The van der Waals surface area contributed by atoms with Crippen molar-refractivity contribution >= 4 is 12.0 Å². The summed E-state index contributed by atoms with van der Waals surface area (Å²) in [5.41, 5.74) is -0.784. The molecule has 0 aromatic carbocycles. The Hall–Kier alpha value is -1.26. The molecule has 108 valence electrons. The van der Waals surface area contributed by atoms with Gasteiger partial charge >= 0.3 is 12.0 Å². The van der Waals surface area contributed by atoms with E-state index in [9.17, 15) is 9.59 Å². The molecular weight excluding hydrogens is 244 g/mol. The van der Waals surface area contributed by atoms with Crippen LogP contribution in [0.25, 0.3) is 0 Å². The lowest BCUT2D eigenvalue weighted by atomic mass is 9.90. The normalized spacial score (nSPS) is 29.5. The summed E-state index contributed by atoms with van der Waals surface area (Å²) in [6, 6.07) is 0.0797. The number of carboxylic acid groups (broad SMARTS) is 1. The Balaban J connectivity index is 1.86. The molecule has 0 aromatic rings. The number of hydrogen-bond acceptors (Lipinski definition) is 2. The number of hydrogen-bond donors (Lipinski definition) is 2. The standard InChI is InChI=1S/C14H24N2O3/c1-10(11-5-3-4-6-11)15-13(19)16-8-7-14(2,9-16)12(17)18/h10-11H,3-9H2,1-2H3,(H,15,19)(H,17,18). The van der Waals surface area contributed by atoms with Gasteiger partial charge in [0, 0.05) is 19.1 Å². The van der Waals surface area contributed by atoms with Crippen LogP contribution in [-0.4, -0.2) is 41.1 Å². The molecular formula is C14H24N2O3. The van der Waals surface area contributed by atoms with E-state index < -0.39 is 11.4 Å². The summed E-state index contributed by atoms with van der Waals surface area (Å²) in [4.78, 5) is 24.9. The molecule has 2 atom stereocenters. The molecule has 2 N–H and O–H groups in total. The van der Waals surface area contributed by atoms with Gasteiger partial charge < -0.3 is 15.3 Å². The second kappa shape index (κ2) is 5.39. The first-order chi connectivity index (χ1) is 8.92. The molecule has 0 radical (unpaired) electrons. The van der Waals surface area contributed by atoms with Crippen LogP contribution in [0.1, 0.15) is 46.0 Å². The molecule has 1 heterocycles. The third kappa shape index (κ3) is 3.01. The first kappa shape index (κ1) is 14.2. The van der Waals surface area contributed by atoms with Crippen molar-refractivity contribution in [2.45, 2.75) is 52.0 Å². The Kier molecular flexibility index (Phi) is 4.02. The minimum atomic E-state index is -0.813. The molecule has 5 heteroatoms. The van der Waals surface area contributed by atoms with Crippen LogP contribution < -0.4 is 5.32 Å². The SMILES string of the molecule is CC(NC(=O)N1CCC(C)(C(=O)O)C1)C1CCCC1. The van der Waals surface area contributed by atoms with Crippen LogP contribution in [0.5, 0.6) is 0 Å². The van der Waals surface area contributed by atoms with E-state index in [4.69, 9.17) is 5.11 Å². The fourth-order valence-electron chi connectivity index (χ4n) is 3.17. The minimum Gasteiger partial charge on any atom is -0.481 e. The van der Waals surface area contributed by atoms with Crippen LogP contribution in [0, 0.1) is 11.3 Å². The molecule has 1 aliphatic heterocycles. The van der Waals surface area contributed by atoms with Crippen LogP contribution in [-0.2, 0) is 4.79 Å². The molecule has 1 saturated heterocycles. The number of urea groups is 1. The summed E-state index contributed by atoms with van der Waals surface area (Å²) >= 11 is 0. The first-order valence-electron chi connectivity index (χ1n) is 7.21. The Morgan fingerprint density at radius 2 is 2.00 bits per heavy atom. The van der Waals surface area contributed by atoms with Gasteiger partial charge in [-0.15, -0.1) is 0 Å². The average molecular weight is 268 g/mol. The average Bonchev–Trinajstić information content (AvgIpc) is 2.98. The predicted molar refractivity (Wildman–Crippen MR) is 71.9 cm³/mol. The molecule has 0 spiro atoms. The predicted octanol–water partition coefficient (Wildman–Crippen LogP) is 2.07. The Morgan fingerprint density at radius 3 is 2.53 bits per heavy atom. The molecule has 0 bridgehead atoms. The largest absolute Gasteiger partial charge is 0.481 e. The number of amides is 2. The maximum Gasteiger partial charge on any atom is 0.317 e. The zero-order chi connectivity index (χ0) is 14.0. The topological polar surface area (TPSA) is 69.6 Å². The van der Waals surface area contributed by atoms with Crippen molar-refractivity contribution in [2.24, 2.45) is 11.3 Å². The maximum absolute atomic E-state index is 12.1.